The lowest BCUT2D eigenvalue weighted by molar-refractivity contribution is -0.142. The van der Waals surface area contributed by atoms with E-state index >= 15 is 0 Å². The summed E-state index contributed by atoms with van der Waals surface area (Å²) in [6.07, 6.45) is -1.000. The number of nitrogens with one attached hydrogen (secondary N) is 2. The number of hydrogen-bond donors (Lipinski definition) is 6. The van der Waals surface area contributed by atoms with Crippen LogP contribution in [0.25, 0.3) is 11.2 Å². The number of imidazole rings is 1. The number of hydrogen-bond acceptors (Lipinski definition) is 12. The molecule has 0 aliphatic carbocycles. The number of rotatable bonds is 16. The van der Waals surface area contributed by atoms with Gasteiger partial charge >= 0.3 is 11.9 Å². The standard InChI is InChI=1S/C38H49N7O8/c1-21-13-22(2)30(27(14-21)52-23(3)46)38(4,5)16-29(47)44-26(37(50)51)12-11-25(18-40-17-24-9-7-6-8-10-24)15-28-32(48)33(49)36(53-28)45-20-43-31-34(39)41-19-42-35(31)45/h6-10,13-14,19-20,25-26,28,32-33,36,40,48-49H,11-12,15-18H2,1-5H3,(H,44,47)(H,50,51)(H2,39,41,42)/t25-,26-,28+,32?,33?,36+/m0/s1. The van der Waals surface area contributed by atoms with Crippen molar-refractivity contribution in [2.75, 3.05) is 12.3 Å². The molecular weight excluding hydrogens is 682 g/mol. The number of nitrogen functional groups attached to an aromatic ring is 1. The lowest BCUT2D eigenvalue weighted by Crippen LogP contribution is -2.43. The first-order chi connectivity index (χ1) is 25.1. The van der Waals surface area contributed by atoms with Gasteiger partial charge in [-0.05, 0) is 68.3 Å². The number of nitrogens with two attached hydrogens (primary N) is 1. The van der Waals surface area contributed by atoms with Crippen molar-refractivity contribution in [3.8, 4) is 5.75 Å². The number of aromatic nitrogens is 4. The van der Waals surface area contributed by atoms with E-state index in [4.69, 9.17) is 15.2 Å². The zero-order chi connectivity index (χ0) is 38.4. The molecule has 2 aromatic heterocycles. The zero-order valence-corrected chi connectivity index (χ0v) is 30.7. The molecule has 4 aromatic rings. The van der Waals surface area contributed by atoms with E-state index in [0.717, 1.165) is 16.7 Å². The summed E-state index contributed by atoms with van der Waals surface area (Å²) in [6, 6.07) is 12.3. The molecule has 53 heavy (non-hydrogen) atoms. The van der Waals surface area contributed by atoms with E-state index in [0.29, 0.717) is 42.0 Å². The number of aryl methyl sites for hydroxylation is 2. The Hall–Kier alpha value is -4.96. The maximum atomic E-state index is 13.5. The molecule has 1 fully saturated rings. The SMILES string of the molecule is CC(=O)Oc1cc(C)cc(C)c1C(C)(C)CC(=O)N[C@@H](CC[C@H](CNCc1ccccc1)C[C@H]1O[C@@H](n2cnc3c(N)ncnc32)C(O)C1O)C(=O)O. The second kappa shape index (κ2) is 16.8. The highest BCUT2D eigenvalue weighted by atomic mass is 16.6. The number of amides is 1. The summed E-state index contributed by atoms with van der Waals surface area (Å²) in [5.41, 5.74) is 9.33. The minimum atomic E-state index is -1.31. The maximum Gasteiger partial charge on any atom is 0.326 e. The molecule has 3 heterocycles. The molecular formula is C38H49N7O8. The molecule has 1 saturated heterocycles. The summed E-state index contributed by atoms with van der Waals surface area (Å²) in [6.45, 7) is 9.79. The molecule has 1 aliphatic heterocycles. The molecule has 2 unspecified atom stereocenters. The highest BCUT2D eigenvalue weighted by Gasteiger charge is 2.45. The number of fused-ring (bicyclic) bond motifs is 1. The van der Waals surface area contributed by atoms with E-state index in [1.807, 2.05) is 64.1 Å². The Morgan fingerprint density at radius 1 is 1.06 bits per heavy atom. The first-order valence-corrected chi connectivity index (χ1v) is 17.7. The second-order valence-corrected chi connectivity index (χ2v) is 14.5. The fourth-order valence-corrected chi connectivity index (χ4v) is 7.28. The number of esters is 1. The number of aliphatic hydroxyl groups excluding tert-OH is 2. The van der Waals surface area contributed by atoms with E-state index in [-0.39, 0.29) is 31.0 Å². The van der Waals surface area contributed by atoms with E-state index in [1.165, 1.54) is 24.1 Å². The molecule has 0 bridgehead atoms. The Bertz CT molecular complexity index is 1920. The van der Waals surface area contributed by atoms with Crippen LogP contribution in [-0.2, 0) is 31.1 Å². The minimum Gasteiger partial charge on any atom is -0.480 e. The predicted octanol–water partition coefficient (Wildman–Crippen LogP) is 3.08. The largest absolute Gasteiger partial charge is 0.480 e. The van der Waals surface area contributed by atoms with Crippen LogP contribution in [0.5, 0.6) is 5.75 Å². The van der Waals surface area contributed by atoms with Crippen molar-refractivity contribution < 1.29 is 39.2 Å². The molecule has 1 aliphatic rings. The monoisotopic (exact) mass is 731 g/mol. The normalized spacial score (nSPS) is 19.9. The summed E-state index contributed by atoms with van der Waals surface area (Å²) in [4.78, 5) is 50.2. The third kappa shape index (κ3) is 9.53. The predicted molar refractivity (Wildman–Crippen MR) is 196 cm³/mol. The van der Waals surface area contributed by atoms with Gasteiger partial charge in [0.25, 0.3) is 0 Å². The molecule has 1 amide bonds. The highest BCUT2D eigenvalue weighted by Crippen LogP contribution is 2.38. The van der Waals surface area contributed by atoms with Crippen LogP contribution in [0.2, 0.25) is 0 Å². The summed E-state index contributed by atoms with van der Waals surface area (Å²) in [5, 5.41) is 38.5. The third-order valence-corrected chi connectivity index (χ3v) is 9.64. The molecule has 15 heteroatoms. The van der Waals surface area contributed by atoms with Gasteiger partial charge in [-0.2, -0.15) is 0 Å². The van der Waals surface area contributed by atoms with Crippen molar-refractivity contribution in [2.24, 2.45) is 5.92 Å². The summed E-state index contributed by atoms with van der Waals surface area (Å²) in [7, 11) is 0. The quantitative estimate of drug-likeness (QED) is 0.0721. The molecule has 15 nitrogen and oxygen atoms in total. The molecule has 0 radical (unpaired) electrons. The lowest BCUT2D eigenvalue weighted by Gasteiger charge is -2.29. The number of benzene rings is 2. The van der Waals surface area contributed by atoms with Crippen LogP contribution in [-0.4, -0.2) is 83.6 Å². The van der Waals surface area contributed by atoms with Crippen molar-refractivity contribution in [1.82, 2.24) is 30.2 Å². The molecule has 0 spiro atoms. The van der Waals surface area contributed by atoms with Crippen molar-refractivity contribution in [3.05, 3.63) is 77.4 Å². The minimum absolute atomic E-state index is 0.0576. The van der Waals surface area contributed by atoms with Gasteiger partial charge in [-0.25, -0.2) is 19.7 Å². The fraction of sp³-hybridized carbons (Fsp3) is 0.474. The molecule has 0 saturated carbocycles. The van der Waals surface area contributed by atoms with E-state index in [1.54, 1.807) is 6.07 Å². The van der Waals surface area contributed by atoms with E-state index in [9.17, 15) is 29.7 Å². The number of carbonyl (C=O) groups is 3. The van der Waals surface area contributed by atoms with Crippen LogP contribution in [0, 0.1) is 19.8 Å². The molecule has 5 rings (SSSR count). The highest BCUT2D eigenvalue weighted by molar-refractivity contribution is 5.84. The zero-order valence-electron chi connectivity index (χ0n) is 30.7. The van der Waals surface area contributed by atoms with Gasteiger partial charge in [-0.15, -0.1) is 0 Å². The van der Waals surface area contributed by atoms with Crippen LogP contribution in [0.15, 0.2) is 55.1 Å². The van der Waals surface area contributed by atoms with Gasteiger partial charge in [-0.3, -0.25) is 14.2 Å². The maximum absolute atomic E-state index is 13.5. The Morgan fingerprint density at radius 3 is 2.49 bits per heavy atom. The van der Waals surface area contributed by atoms with Gasteiger partial charge in [0.2, 0.25) is 5.91 Å². The van der Waals surface area contributed by atoms with Gasteiger partial charge in [0.15, 0.2) is 17.7 Å². The van der Waals surface area contributed by atoms with Crippen LogP contribution < -0.4 is 21.1 Å². The number of carbonyl (C=O) groups excluding carboxylic acids is 2. The number of aliphatic carboxylic acids is 1. The summed E-state index contributed by atoms with van der Waals surface area (Å²) < 4.78 is 13.2. The third-order valence-electron chi connectivity index (χ3n) is 9.64. The van der Waals surface area contributed by atoms with Gasteiger partial charge in [0.05, 0.1) is 12.4 Å². The number of carboxylic acid groups (broad SMARTS) is 1. The molecule has 2 aromatic carbocycles. The Morgan fingerprint density at radius 2 is 1.79 bits per heavy atom. The molecule has 7 N–H and O–H groups in total. The Balaban J connectivity index is 1.28. The van der Waals surface area contributed by atoms with Gasteiger partial charge in [-0.1, -0.05) is 50.2 Å². The molecule has 6 atom stereocenters. The second-order valence-electron chi connectivity index (χ2n) is 14.5. The van der Waals surface area contributed by atoms with E-state index < -0.39 is 53.8 Å². The summed E-state index contributed by atoms with van der Waals surface area (Å²) in [5.74, 6) is -1.81. The Labute approximate surface area is 307 Å². The topological polar surface area (TPSA) is 224 Å². The van der Waals surface area contributed by atoms with Crippen LogP contribution in [0.4, 0.5) is 5.82 Å². The number of ether oxygens (including phenoxy) is 2. The van der Waals surface area contributed by atoms with Crippen molar-refractivity contribution >= 4 is 34.8 Å². The average Bonchev–Trinajstić information content (AvgIpc) is 3.63. The van der Waals surface area contributed by atoms with Gasteiger partial charge < -0.3 is 41.2 Å². The number of nitrogens with zero attached hydrogens (tertiary/aromatic N) is 4. The first-order valence-electron chi connectivity index (χ1n) is 17.7. The van der Waals surface area contributed by atoms with Crippen molar-refractivity contribution in [1.29, 1.82) is 0 Å². The smallest absolute Gasteiger partial charge is 0.326 e. The number of carboxylic acids is 1. The molecule has 284 valence electrons. The summed E-state index contributed by atoms with van der Waals surface area (Å²) >= 11 is 0. The average molecular weight is 732 g/mol. The Kier molecular flexibility index (Phi) is 12.4. The number of aliphatic hydroxyl groups is 2. The van der Waals surface area contributed by atoms with Crippen LogP contribution in [0.3, 0.4) is 0 Å². The lowest BCUT2D eigenvalue weighted by atomic mass is 9.78. The van der Waals surface area contributed by atoms with Gasteiger partial charge in [0.1, 0.15) is 35.8 Å². The first kappa shape index (κ1) is 39.3. The van der Waals surface area contributed by atoms with Crippen molar-refractivity contribution in [3.63, 3.8) is 0 Å². The van der Waals surface area contributed by atoms with Crippen molar-refractivity contribution in [2.45, 2.75) is 103 Å². The number of anilines is 1. The van der Waals surface area contributed by atoms with E-state index in [2.05, 4.69) is 25.6 Å². The van der Waals surface area contributed by atoms with Crippen LogP contribution >= 0.6 is 0 Å². The fourth-order valence-electron chi connectivity index (χ4n) is 7.28. The van der Waals surface area contributed by atoms with Crippen LogP contribution in [0.1, 0.15) is 74.9 Å². The van der Waals surface area contributed by atoms with Gasteiger partial charge in [0, 0.05) is 30.9 Å².